The number of rotatable bonds is 5. The second-order valence-corrected chi connectivity index (χ2v) is 3.45. The molecular weight excluding hydrogens is 196 g/mol. The van der Waals surface area contributed by atoms with Gasteiger partial charge in [-0.1, -0.05) is 19.1 Å². The molecule has 0 saturated heterocycles. The van der Waals surface area contributed by atoms with E-state index in [1.165, 1.54) is 6.08 Å². The Morgan fingerprint density at radius 2 is 2.13 bits per heavy atom. The van der Waals surface area contributed by atoms with Gasteiger partial charge in [-0.25, -0.2) is 9.59 Å². The molecule has 0 aliphatic heterocycles. The maximum Gasteiger partial charge on any atom is 0.332 e. The lowest BCUT2D eigenvalue weighted by atomic mass is 9.79. The van der Waals surface area contributed by atoms with Crippen LogP contribution in [0.15, 0.2) is 24.3 Å². The van der Waals surface area contributed by atoms with E-state index in [2.05, 4.69) is 6.58 Å². The van der Waals surface area contributed by atoms with Crippen LogP contribution in [0, 0.1) is 5.92 Å². The molecule has 82 valence electrons. The molecule has 0 bridgehead atoms. The summed E-state index contributed by atoms with van der Waals surface area (Å²) in [6.07, 6.45) is 5.22. The molecule has 15 heavy (non-hydrogen) atoms. The Morgan fingerprint density at radius 1 is 1.47 bits per heavy atom. The van der Waals surface area contributed by atoms with Gasteiger partial charge in [0.1, 0.15) is 6.61 Å². The van der Waals surface area contributed by atoms with Crippen LogP contribution >= 0.6 is 0 Å². The number of carbonyl (C=O) groups is 2. The van der Waals surface area contributed by atoms with Gasteiger partial charge in [-0.2, -0.15) is 0 Å². The lowest BCUT2D eigenvalue weighted by Gasteiger charge is -2.25. The summed E-state index contributed by atoms with van der Waals surface area (Å²) in [5.41, 5.74) is 0.162. The monoisotopic (exact) mass is 210 g/mol. The Bertz CT molecular complexity index is 300. The Hall–Kier alpha value is -1.58. The van der Waals surface area contributed by atoms with Crippen molar-refractivity contribution < 1.29 is 19.4 Å². The molecule has 1 fully saturated rings. The fourth-order valence-corrected chi connectivity index (χ4v) is 1.38. The number of esters is 1. The maximum atomic E-state index is 11.2. The second-order valence-electron chi connectivity index (χ2n) is 3.45. The van der Waals surface area contributed by atoms with E-state index in [0.29, 0.717) is 0 Å². The first kappa shape index (κ1) is 11.5. The first-order valence-electron chi connectivity index (χ1n) is 4.87. The zero-order chi connectivity index (χ0) is 11.3. The predicted octanol–water partition coefficient (Wildman–Crippen LogP) is 1.53. The van der Waals surface area contributed by atoms with Gasteiger partial charge in [0, 0.05) is 11.6 Å². The van der Waals surface area contributed by atoms with Crippen molar-refractivity contribution in [3.05, 3.63) is 24.3 Å². The summed E-state index contributed by atoms with van der Waals surface area (Å²) in [5.74, 6) is -1.63. The SMILES string of the molecule is C=CCOC(=O)/C=C(\C(=O)O)C1CCC1. The highest BCUT2D eigenvalue weighted by Crippen LogP contribution is 2.33. The minimum Gasteiger partial charge on any atom is -0.478 e. The van der Waals surface area contributed by atoms with Gasteiger partial charge in [0.05, 0.1) is 0 Å². The average molecular weight is 210 g/mol. The minimum absolute atomic E-state index is 0.0128. The van der Waals surface area contributed by atoms with Gasteiger partial charge in [0.2, 0.25) is 0 Å². The average Bonchev–Trinajstić information content (AvgIpc) is 2.10. The van der Waals surface area contributed by atoms with E-state index in [1.54, 1.807) is 0 Å². The molecule has 0 aromatic carbocycles. The van der Waals surface area contributed by atoms with Crippen LogP contribution in [0.2, 0.25) is 0 Å². The topological polar surface area (TPSA) is 63.6 Å². The Kier molecular flexibility index (Phi) is 4.09. The van der Waals surface area contributed by atoms with Crippen LogP contribution in [0.3, 0.4) is 0 Å². The van der Waals surface area contributed by atoms with Gasteiger partial charge in [-0.15, -0.1) is 0 Å². The lowest BCUT2D eigenvalue weighted by molar-refractivity contribution is -0.138. The van der Waals surface area contributed by atoms with E-state index in [4.69, 9.17) is 9.84 Å². The minimum atomic E-state index is -1.03. The van der Waals surface area contributed by atoms with Crippen LogP contribution in [0.4, 0.5) is 0 Å². The molecule has 4 heteroatoms. The smallest absolute Gasteiger partial charge is 0.332 e. The second kappa shape index (κ2) is 5.34. The fourth-order valence-electron chi connectivity index (χ4n) is 1.38. The molecule has 0 amide bonds. The third-order valence-corrected chi connectivity index (χ3v) is 2.41. The van der Waals surface area contributed by atoms with Gasteiger partial charge in [0.15, 0.2) is 0 Å². The molecule has 0 aromatic rings. The third-order valence-electron chi connectivity index (χ3n) is 2.41. The fraction of sp³-hybridized carbons (Fsp3) is 0.455. The number of hydrogen-bond acceptors (Lipinski definition) is 3. The number of carboxylic acids is 1. The highest BCUT2D eigenvalue weighted by Gasteiger charge is 2.27. The number of hydrogen-bond donors (Lipinski definition) is 1. The predicted molar refractivity (Wildman–Crippen MR) is 54.2 cm³/mol. The quantitative estimate of drug-likeness (QED) is 0.424. The van der Waals surface area contributed by atoms with Crippen molar-refractivity contribution in [3.63, 3.8) is 0 Å². The van der Waals surface area contributed by atoms with Crippen LogP contribution in [0.5, 0.6) is 0 Å². The van der Waals surface area contributed by atoms with E-state index in [9.17, 15) is 9.59 Å². The van der Waals surface area contributed by atoms with Crippen LogP contribution in [0.1, 0.15) is 19.3 Å². The zero-order valence-corrected chi connectivity index (χ0v) is 8.44. The number of ether oxygens (including phenoxy) is 1. The van der Waals surface area contributed by atoms with Crippen LogP contribution in [-0.2, 0) is 14.3 Å². The Balaban J connectivity index is 2.61. The summed E-state index contributed by atoms with van der Waals surface area (Å²) in [4.78, 5) is 22.0. The van der Waals surface area contributed by atoms with Crippen LogP contribution < -0.4 is 0 Å². The van der Waals surface area contributed by atoms with Crippen LogP contribution in [0.25, 0.3) is 0 Å². The zero-order valence-electron chi connectivity index (χ0n) is 8.44. The normalized spacial score (nSPS) is 16.7. The maximum absolute atomic E-state index is 11.2. The standard InChI is InChI=1S/C11H14O4/c1-2-6-15-10(12)7-9(11(13)14)8-4-3-5-8/h2,7-8H,1,3-6H2,(H,13,14)/b9-7-. The van der Waals surface area contributed by atoms with E-state index in [0.717, 1.165) is 25.3 Å². The molecule has 1 N–H and O–H groups in total. The van der Waals surface area contributed by atoms with Crippen molar-refractivity contribution in [2.24, 2.45) is 5.92 Å². The number of carboxylic acid groups (broad SMARTS) is 1. The van der Waals surface area contributed by atoms with Crippen molar-refractivity contribution >= 4 is 11.9 Å². The lowest BCUT2D eigenvalue weighted by Crippen LogP contribution is -2.21. The summed E-state index contributed by atoms with van der Waals surface area (Å²) < 4.78 is 4.69. The molecule has 0 heterocycles. The van der Waals surface area contributed by atoms with Gasteiger partial charge in [-0.3, -0.25) is 0 Å². The summed E-state index contributed by atoms with van der Waals surface area (Å²) in [6.45, 7) is 3.50. The van der Waals surface area contributed by atoms with Crippen molar-refractivity contribution in [2.45, 2.75) is 19.3 Å². The molecule has 1 aliphatic carbocycles. The highest BCUT2D eigenvalue weighted by atomic mass is 16.5. The molecule has 0 atom stereocenters. The highest BCUT2D eigenvalue weighted by molar-refractivity contribution is 5.95. The third kappa shape index (κ3) is 3.23. The Morgan fingerprint density at radius 3 is 2.53 bits per heavy atom. The number of carbonyl (C=O) groups excluding carboxylic acids is 1. The van der Waals surface area contributed by atoms with Crippen molar-refractivity contribution in [1.29, 1.82) is 0 Å². The summed E-state index contributed by atoms with van der Waals surface area (Å²) in [5, 5.41) is 8.89. The van der Waals surface area contributed by atoms with Crippen molar-refractivity contribution in [1.82, 2.24) is 0 Å². The Labute approximate surface area is 88.2 Å². The molecule has 4 nitrogen and oxygen atoms in total. The van der Waals surface area contributed by atoms with E-state index in [-0.39, 0.29) is 18.1 Å². The van der Waals surface area contributed by atoms with Crippen molar-refractivity contribution in [2.75, 3.05) is 6.61 Å². The first-order valence-corrected chi connectivity index (χ1v) is 4.87. The molecule has 0 unspecified atom stereocenters. The van der Waals surface area contributed by atoms with Gasteiger partial charge < -0.3 is 9.84 Å². The summed E-state index contributed by atoms with van der Waals surface area (Å²) in [7, 11) is 0. The number of aliphatic carboxylic acids is 1. The summed E-state index contributed by atoms with van der Waals surface area (Å²) >= 11 is 0. The van der Waals surface area contributed by atoms with Crippen LogP contribution in [-0.4, -0.2) is 23.7 Å². The molecular formula is C11H14O4. The molecule has 0 aromatic heterocycles. The summed E-state index contributed by atoms with van der Waals surface area (Å²) in [6, 6.07) is 0. The molecule has 1 saturated carbocycles. The van der Waals surface area contributed by atoms with E-state index in [1.807, 2.05) is 0 Å². The van der Waals surface area contributed by atoms with E-state index >= 15 is 0 Å². The largest absolute Gasteiger partial charge is 0.478 e. The molecule has 0 spiro atoms. The van der Waals surface area contributed by atoms with Gasteiger partial charge >= 0.3 is 11.9 Å². The molecule has 0 radical (unpaired) electrons. The van der Waals surface area contributed by atoms with Gasteiger partial charge in [-0.05, 0) is 18.8 Å². The first-order chi connectivity index (χ1) is 7.15. The molecule has 1 rings (SSSR count). The van der Waals surface area contributed by atoms with Gasteiger partial charge in [0.25, 0.3) is 0 Å². The van der Waals surface area contributed by atoms with E-state index < -0.39 is 11.9 Å². The van der Waals surface area contributed by atoms with Crippen molar-refractivity contribution in [3.8, 4) is 0 Å². The molecule has 1 aliphatic rings.